The van der Waals surface area contributed by atoms with Gasteiger partial charge < -0.3 is 10.6 Å². The maximum Gasteiger partial charge on any atom is 0.244 e. The summed E-state index contributed by atoms with van der Waals surface area (Å²) < 4.78 is 0. The van der Waals surface area contributed by atoms with Crippen LogP contribution < -0.4 is 10.6 Å². The molecular formula is C12H13Cl2N5. The zero-order chi connectivity index (χ0) is 13.8. The van der Waals surface area contributed by atoms with Crippen LogP contribution in [0.5, 0.6) is 0 Å². The molecule has 1 aromatic carbocycles. The highest BCUT2D eigenvalue weighted by atomic mass is 35.5. The molecule has 0 radical (unpaired) electrons. The van der Waals surface area contributed by atoms with Crippen molar-refractivity contribution in [2.45, 2.75) is 19.9 Å². The summed E-state index contributed by atoms with van der Waals surface area (Å²) in [5.41, 5.74) is 0.783. The van der Waals surface area contributed by atoms with Crippen LogP contribution in [0.25, 0.3) is 0 Å². The van der Waals surface area contributed by atoms with Crippen molar-refractivity contribution in [3.05, 3.63) is 34.4 Å². The predicted octanol–water partition coefficient (Wildman–Crippen LogP) is 3.74. The third-order valence-corrected chi connectivity index (χ3v) is 2.91. The van der Waals surface area contributed by atoms with Crippen LogP contribution in [0.4, 0.5) is 17.5 Å². The number of benzene rings is 1. The Morgan fingerprint density at radius 2 is 1.95 bits per heavy atom. The predicted molar refractivity (Wildman–Crippen MR) is 78.3 cm³/mol. The van der Waals surface area contributed by atoms with E-state index in [1.165, 1.54) is 6.20 Å². The Morgan fingerprint density at radius 3 is 2.63 bits per heavy atom. The van der Waals surface area contributed by atoms with Gasteiger partial charge in [0.15, 0.2) is 5.82 Å². The van der Waals surface area contributed by atoms with Crippen molar-refractivity contribution in [3.63, 3.8) is 0 Å². The van der Waals surface area contributed by atoms with Crippen molar-refractivity contribution < 1.29 is 0 Å². The van der Waals surface area contributed by atoms with Gasteiger partial charge >= 0.3 is 0 Å². The number of halogens is 2. The third kappa shape index (κ3) is 3.94. The molecule has 7 heteroatoms. The molecule has 2 rings (SSSR count). The van der Waals surface area contributed by atoms with E-state index in [1.807, 2.05) is 19.9 Å². The van der Waals surface area contributed by atoms with Crippen molar-refractivity contribution in [1.29, 1.82) is 0 Å². The minimum absolute atomic E-state index is 0.238. The van der Waals surface area contributed by atoms with Crippen LogP contribution in [0.15, 0.2) is 24.4 Å². The van der Waals surface area contributed by atoms with E-state index >= 15 is 0 Å². The van der Waals surface area contributed by atoms with Crippen molar-refractivity contribution in [3.8, 4) is 0 Å². The van der Waals surface area contributed by atoms with Gasteiger partial charge in [-0.05, 0) is 32.0 Å². The van der Waals surface area contributed by atoms with Gasteiger partial charge in [-0.2, -0.15) is 10.1 Å². The van der Waals surface area contributed by atoms with Gasteiger partial charge in [-0.1, -0.05) is 23.2 Å². The smallest absolute Gasteiger partial charge is 0.244 e. The number of hydrogen-bond donors (Lipinski definition) is 2. The Kier molecular flexibility index (Phi) is 4.39. The summed E-state index contributed by atoms with van der Waals surface area (Å²) in [5, 5.41) is 14.9. The second-order valence-electron chi connectivity index (χ2n) is 4.22. The maximum absolute atomic E-state index is 5.95. The molecule has 0 aliphatic rings. The number of rotatable bonds is 4. The quantitative estimate of drug-likeness (QED) is 0.900. The van der Waals surface area contributed by atoms with Crippen LogP contribution in [0.2, 0.25) is 10.0 Å². The Balaban J connectivity index is 2.16. The van der Waals surface area contributed by atoms with Gasteiger partial charge in [0.05, 0.1) is 16.2 Å². The third-order valence-electron chi connectivity index (χ3n) is 2.17. The molecule has 5 nitrogen and oxygen atoms in total. The highest BCUT2D eigenvalue weighted by molar-refractivity contribution is 6.42. The molecule has 0 amide bonds. The monoisotopic (exact) mass is 297 g/mol. The molecule has 1 heterocycles. The van der Waals surface area contributed by atoms with Crippen LogP contribution in [0, 0.1) is 0 Å². The van der Waals surface area contributed by atoms with Gasteiger partial charge in [0.1, 0.15) is 0 Å². The van der Waals surface area contributed by atoms with Crippen LogP contribution >= 0.6 is 23.2 Å². The molecule has 0 bridgehead atoms. The van der Waals surface area contributed by atoms with E-state index in [0.29, 0.717) is 21.8 Å². The summed E-state index contributed by atoms with van der Waals surface area (Å²) in [4.78, 5) is 4.29. The Labute approximate surface area is 121 Å². The van der Waals surface area contributed by atoms with Gasteiger partial charge in [0.2, 0.25) is 5.95 Å². The van der Waals surface area contributed by atoms with Gasteiger partial charge in [-0.25, -0.2) is 0 Å². The number of nitrogens with one attached hydrogen (secondary N) is 2. The average Bonchev–Trinajstić information content (AvgIpc) is 2.33. The van der Waals surface area contributed by atoms with Gasteiger partial charge in [0.25, 0.3) is 0 Å². The van der Waals surface area contributed by atoms with Crippen molar-refractivity contribution in [2.75, 3.05) is 10.6 Å². The Morgan fingerprint density at radius 1 is 1.16 bits per heavy atom. The number of nitrogens with zero attached hydrogens (tertiary/aromatic N) is 3. The molecule has 100 valence electrons. The van der Waals surface area contributed by atoms with Crippen molar-refractivity contribution in [1.82, 2.24) is 15.2 Å². The molecular weight excluding hydrogens is 285 g/mol. The topological polar surface area (TPSA) is 62.7 Å². The van der Waals surface area contributed by atoms with E-state index in [-0.39, 0.29) is 6.04 Å². The number of aromatic nitrogens is 3. The van der Waals surface area contributed by atoms with Crippen LogP contribution in [0.1, 0.15) is 13.8 Å². The van der Waals surface area contributed by atoms with E-state index in [0.717, 1.165) is 5.69 Å². The Hall–Kier alpha value is -1.59. The maximum atomic E-state index is 5.95. The second-order valence-corrected chi connectivity index (χ2v) is 5.03. The Bertz CT molecular complexity index is 574. The molecule has 2 N–H and O–H groups in total. The summed E-state index contributed by atoms with van der Waals surface area (Å²) >= 11 is 11.8. The van der Waals surface area contributed by atoms with E-state index in [9.17, 15) is 0 Å². The molecule has 19 heavy (non-hydrogen) atoms. The largest absolute Gasteiger partial charge is 0.351 e. The molecule has 0 saturated heterocycles. The highest BCUT2D eigenvalue weighted by Crippen LogP contribution is 2.26. The van der Waals surface area contributed by atoms with E-state index < -0.39 is 0 Å². The molecule has 0 atom stereocenters. The first-order valence-corrected chi connectivity index (χ1v) is 6.48. The molecule has 0 unspecified atom stereocenters. The van der Waals surface area contributed by atoms with Crippen LogP contribution in [0.3, 0.4) is 0 Å². The average molecular weight is 298 g/mol. The van der Waals surface area contributed by atoms with Crippen LogP contribution in [-0.2, 0) is 0 Å². The molecule has 0 aliphatic carbocycles. The summed E-state index contributed by atoms with van der Waals surface area (Å²) in [6.07, 6.45) is 1.54. The van der Waals surface area contributed by atoms with Gasteiger partial charge in [-0.15, -0.1) is 5.10 Å². The fraction of sp³-hybridized carbons (Fsp3) is 0.250. The lowest BCUT2D eigenvalue weighted by Crippen LogP contribution is -2.13. The van der Waals surface area contributed by atoms with E-state index in [4.69, 9.17) is 23.2 Å². The standard InChI is InChI=1S/C12H13Cl2N5/c1-7(2)16-12-18-11(6-15-19-12)17-8-3-4-9(13)10(14)5-8/h3-7H,1-2H3,(H2,16,17,18,19). The summed E-state index contributed by atoms with van der Waals surface area (Å²) in [7, 11) is 0. The zero-order valence-corrected chi connectivity index (χ0v) is 12.0. The zero-order valence-electron chi connectivity index (χ0n) is 10.5. The highest BCUT2D eigenvalue weighted by Gasteiger charge is 2.04. The minimum Gasteiger partial charge on any atom is -0.351 e. The van der Waals surface area contributed by atoms with Gasteiger partial charge in [0, 0.05) is 11.7 Å². The molecule has 2 aromatic rings. The first-order chi connectivity index (χ1) is 9.04. The molecule has 0 aliphatic heterocycles. The molecule has 0 saturated carbocycles. The molecule has 0 spiro atoms. The first kappa shape index (κ1) is 13.8. The minimum atomic E-state index is 0.238. The van der Waals surface area contributed by atoms with Crippen molar-refractivity contribution in [2.24, 2.45) is 0 Å². The number of hydrogen-bond acceptors (Lipinski definition) is 5. The van der Waals surface area contributed by atoms with Gasteiger partial charge in [-0.3, -0.25) is 0 Å². The number of anilines is 3. The van der Waals surface area contributed by atoms with Crippen molar-refractivity contribution >= 4 is 40.7 Å². The normalized spacial score (nSPS) is 10.6. The first-order valence-electron chi connectivity index (χ1n) is 5.73. The SMILES string of the molecule is CC(C)Nc1nncc(Nc2ccc(Cl)c(Cl)c2)n1. The lowest BCUT2D eigenvalue weighted by Gasteiger charge is -2.09. The van der Waals surface area contributed by atoms with E-state index in [2.05, 4.69) is 25.8 Å². The summed E-state index contributed by atoms with van der Waals surface area (Å²) in [5.74, 6) is 1.05. The summed E-state index contributed by atoms with van der Waals surface area (Å²) in [6.45, 7) is 4.00. The fourth-order valence-electron chi connectivity index (χ4n) is 1.40. The molecule has 0 fully saturated rings. The fourth-order valence-corrected chi connectivity index (χ4v) is 1.70. The lowest BCUT2D eigenvalue weighted by molar-refractivity contribution is 0.852. The molecule has 1 aromatic heterocycles. The lowest BCUT2D eigenvalue weighted by atomic mass is 10.3. The second kappa shape index (κ2) is 6.04. The van der Waals surface area contributed by atoms with Crippen LogP contribution in [-0.4, -0.2) is 21.2 Å². The summed E-state index contributed by atoms with van der Waals surface area (Å²) in [6, 6.07) is 5.49. The van der Waals surface area contributed by atoms with E-state index in [1.54, 1.807) is 12.1 Å².